The Hall–Kier alpha value is -2.24. The first kappa shape index (κ1) is 26.8. The molecule has 0 radical (unpaired) electrons. The van der Waals surface area contributed by atoms with Crippen molar-refractivity contribution >= 4 is 27.7 Å². The Morgan fingerprint density at radius 3 is 2.53 bits per heavy atom. The standard InChI is InChI=1S/C25H31ClFN3O5S/c26-20-5-2-8-23(17-20)36(33,34)30-22(7-3-9-24(30)19-4-1-6-21(27)16-19)18-35-25(32)29-12-10-28(11-13-29)14-15-31/h1-2,4-6,8,16-17,22,24,31H,3,7,9-15,18H2/t22-,24+/m1/s1. The number of halogens is 2. The normalized spacial score (nSPS) is 21.9. The van der Waals surface area contributed by atoms with Crippen LogP contribution in [0.1, 0.15) is 30.9 Å². The molecule has 2 aromatic rings. The average Bonchev–Trinajstić information content (AvgIpc) is 2.87. The lowest BCUT2D eigenvalue weighted by atomic mass is 9.93. The third-order valence-electron chi connectivity index (χ3n) is 6.73. The van der Waals surface area contributed by atoms with Gasteiger partial charge in [-0.3, -0.25) is 4.90 Å². The van der Waals surface area contributed by atoms with Crippen molar-refractivity contribution in [3.05, 3.63) is 64.9 Å². The number of aliphatic hydroxyl groups excluding tert-OH is 1. The van der Waals surface area contributed by atoms with Crippen LogP contribution in [0.2, 0.25) is 5.02 Å². The maximum absolute atomic E-state index is 14.1. The fourth-order valence-corrected chi connectivity index (χ4v) is 7.05. The van der Waals surface area contributed by atoms with E-state index in [4.69, 9.17) is 21.4 Å². The van der Waals surface area contributed by atoms with Crippen LogP contribution in [0.25, 0.3) is 0 Å². The molecule has 0 bridgehead atoms. The highest BCUT2D eigenvalue weighted by atomic mass is 35.5. The van der Waals surface area contributed by atoms with Gasteiger partial charge >= 0.3 is 6.09 Å². The summed E-state index contributed by atoms with van der Waals surface area (Å²) in [5.74, 6) is -0.443. The van der Waals surface area contributed by atoms with Gasteiger partial charge in [-0.25, -0.2) is 17.6 Å². The monoisotopic (exact) mass is 539 g/mol. The van der Waals surface area contributed by atoms with Crippen LogP contribution in [0, 0.1) is 5.82 Å². The van der Waals surface area contributed by atoms with Gasteiger partial charge < -0.3 is 14.7 Å². The molecule has 0 aromatic heterocycles. The maximum Gasteiger partial charge on any atom is 0.409 e. The molecule has 2 aliphatic rings. The Morgan fingerprint density at radius 2 is 1.83 bits per heavy atom. The summed E-state index contributed by atoms with van der Waals surface area (Å²) in [5.41, 5.74) is 0.552. The van der Waals surface area contributed by atoms with E-state index in [1.165, 1.54) is 28.6 Å². The number of carbonyl (C=O) groups is 1. The van der Waals surface area contributed by atoms with Crippen LogP contribution >= 0.6 is 11.6 Å². The molecule has 4 rings (SSSR count). The predicted octanol–water partition coefficient (Wildman–Crippen LogP) is 3.51. The number of nitrogens with zero attached hydrogens (tertiary/aromatic N) is 3. The average molecular weight is 540 g/mol. The quantitative estimate of drug-likeness (QED) is 0.579. The first-order chi connectivity index (χ1) is 17.3. The largest absolute Gasteiger partial charge is 0.448 e. The molecule has 0 aliphatic carbocycles. The van der Waals surface area contributed by atoms with Gasteiger partial charge in [0.25, 0.3) is 0 Å². The molecule has 2 atom stereocenters. The molecule has 0 saturated carbocycles. The van der Waals surface area contributed by atoms with Gasteiger partial charge in [0.15, 0.2) is 0 Å². The second kappa shape index (κ2) is 11.9. The van der Waals surface area contributed by atoms with Crippen molar-refractivity contribution in [2.45, 2.75) is 36.2 Å². The van der Waals surface area contributed by atoms with E-state index in [2.05, 4.69) is 4.90 Å². The van der Waals surface area contributed by atoms with Crippen molar-refractivity contribution in [1.29, 1.82) is 0 Å². The molecule has 11 heteroatoms. The molecule has 36 heavy (non-hydrogen) atoms. The summed E-state index contributed by atoms with van der Waals surface area (Å²) >= 11 is 6.09. The van der Waals surface area contributed by atoms with Crippen molar-refractivity contribution in [3.63, 3.8) is 0 Å². The van der Waals surface area contributed by atoms with Crippen molar-refractivity contribution in [2.75, 3.05) is 45.9 Å². The van der Waals surface area contributed by atoms with Gasteiger partial charge in [0, 0.05) is 37.7 Å². The van der Waals surface area contributed by atoms with E-state index >= 15 is 0 Å². The van der Waals surface area contributed by atoms with Crippen LogP contribution in [0.3, 0.4) is 0 Å². The third kappa shape index (κ3) is 6.18. The highest BCUT2D eigenvalue weighted by molar-refractivity contribution is 7.89. The first-order valence-corrected chi connectivity index (χ1v) is 13.9. The zero-order valence-corrected chi connectivity index (χ0v) is 21.5. The summed E-state index contributed by atoms with van der Waals surface area (Å²) in [4.78, 5) is 16.5. The molecule has 196 valence electrons. The van der Waals surface area contributed by atoms with E-state index in [1.807, 2.05) is 0 Å². The van der Waals surface area contributed by atoms with Crippen molar-refractivity contribution in [3.8, 4) is 0 Å². The topological polar surface area (TPSA) is 90.4 Å². The van der Waals surface area contributed by atoms with Crippen LogP contribution in [0.15, 0.2) is 53.4 Å². The molecular formula is C25H31ClFN3O5S. The highest BCUT2D eigenvalue weighted by Crippen LogP contribution is 2.39. The summed E-state index contributed by atoms with van der Waals surface area (Å²) < 4.78 is 48.8. The van der Waals surface area contributed by atoms with Gasteiger partial charge in [-0.05, 0) is 55.2 Å². The Balaban J connectivity index is 1.56. The number of β-amino-alcohol motifs (C(OH)–C–C–N with tert-alkyl or cyclic N) is 1. The molecular weight excluding hydrogens is 509 g/mol. The molecule has 2 saturated heterocycles. The lowest BCUT2D eigenvalue weighted by Crippen LogP contribution is -2.51. The number of hydrogen-bond donors (Lipinski definition) is 1. The number of piperazine rings is 1. The van der Waals surface area contributed by atoms with Crippen LogP contribution in [-0.2, 0) is 14.8 Å². The molecule has 0 spiro atoms. The minimum atomic E-state index is -4.04. The molecule has 2 aromatic carbocycles. The minimum absolute atomic E-state index is 0.0367. The number of sulfonamides is 1. The first-order valence-electron chi connectivity index (χ1n) is 12.1. The summed E-state index contributed by atoms with van der Waals surface area (Å²) in [6.07, 6.45) is 1.22. The van der Waals surface area contributed by atoms with Crippen LogP contribution in [-0.4, -0.2) is 85.7 Å². The molecule has 2 heterocycles. The van der Waals surface area contributed by atoms with Crippen LogP contribution < -0.4 is 0 Å². The SMILES string of the molecule is O=C(OC[C@H]1CCC[C@@H](c2cccc(F)c2)N1S(=O)(=O)c1cccc(Cl)c1)N1CCN(CCO)CC1. The van der Waals surface area contributed by atoms with Gasteiger partial charge in [-0.15, -0.1) is 0 Å². The van der Waals surface area contributed by atoms with Gasteiger partial charge in [0.2, 0.25) is 10.0 Å². The summed E-state index contributed by atoms with van der Waals surface area (Å²) in [6, 6.07) is 10.8. The summed E-state index contributed by atoms with van der Waals surface area (Å²) in [5, 5.41) is 9.39. The summed E-state index contributed by atoms with van der Waals surface area (Å²) in [7, 11) is -4.04. The maximum atomic E-state index is 14.1. The van der Waals surface area contributed by atoms with E-state index in [9.17, 15) is 17.6 Å². The zero-order valence-electron chi connectivity index (χ0n) is 19.9. The number of ether oxygens (including phenoxy) is 1. The highest BCUT2D eigenvalue weighted by Gasteiger charge is 2.41. The third-order valence-corrected chi connectivity index (χ3v) is 8.93. The molecule has 1 N–H and O–H groups in total. The van der Waals surface area contributed by atoms with Crippen molar-refractivity contribution in [2.24, 2.45) is 0 Å². The molecule has 0 unspecified atom stereocenters. The summed E-state index contributed by atoms with van der Waals surface area (Å²) in [6.45, 7) is 2.73. The number of carbonyl (C=O) groups excluding carboxylic acids is 1. The van der Waals surface area contributed by atoms with E-state index < -0.39 is 34.0 Å². The second-order valence-electron chi connectivity index (χ2n) is 9.08. The predicted molar refractivity (Wildman–Crippen MR) is 134 cm³/mol. The van der Waals surface area contributed by atoms with Gasteiger partial charge in [-0.2, -0.15) is 4.31 Å². The van der Waals surface area contributed by atoms with Crippen LogP contribution in [0.4, 0.5) is 9.18 Å². The number of amides is 1. The number of benzene rings is 2. The van der Waals surface area contributed by atoms with E-state index in [-0.39, 0.29) is 18.1 Å². The molecule has 8 nitrogen and oxygen atoms in total. The fourth-order valence-electron chi connectivity index (χ4n) is 4.91. The number of rotatable bonds is 7. The number of piperidine rings is 1. The smallest absolute Gasteiger partial charge is 0.409 e. The molecule has 1 amide bonds. The second-order valence-corrected chi connectivity index (χ2v) is 11.4. The Morgan fingerprint density at radius 1 is 1.08 bits per heavy atom. The van der Waals surface area contributed by atoms with Gasteiger partial charge in [0.05, 0.1) is 23.6 Å². The number of hydrogen-bond acceptors (Lipinski definition) is 6. The van der Waals surface area contributed by atoms with Crippen molar-refractivity contribution in [1.82, 2.24) is 14.1 Å². The van der Waals surface area contributed by atoms with Gasteiger partial charge in [-0.1, -0.05) is 29.8 Å². The zero-order chi connectivity index (χ0) is 25.7. The Labute approximate surface area is 216 Å². The lowest BCUT2D eigenvalue weighted by Gasteiger charge is -2.41. The van der Waals surface area contributed by atoms with Gasteiger partial charge in [0.1, 0.15) is 12.4 Å². The van der Waals surface area contributed by atoms with Crippen LogP contribution in [0.5, 0.6) is 0 Å². The van der Waals surface area contributed by atoms with E-state index in [1.54, 1.807) is 29.2 Å². The minimum Gasteiger partial charge on any atom is -0.448 e. The lowest BCUT2D eigenvalue weighted by molar-refractivity contribution is 0.0467. The van der Waals surface area contributed by atoms with Crippen molar-refractivity contribution < 1.29 is 27.4 Å². The fraction of sp³-hybridized carbons (Fsp3) is 0.480. The molecule has 2 fully saturated rings. The Kier molecular flexibility index (Phi) is 8.84. The molecule has 2 aliphatic heterocycles. The Bertz CT molecular complexity index is 1160. The van der Waals surface area contributed by atoms with E-state index in [0.29, 0.717) is 62.6 Å². The van der Waals surface area contributed by atoms with E-state index in [0.717, 1.165) is 0 Å². The number of aliphatic hydroxyl groups is 1.